The molecule has 4 rings (SSSR count). The average molecular weight is 488 g/mol. The number of hydrogen-bond donors (Lipinski definition) is 1. The van der Waals surface area contributed by atoms with Gasteiger partial charge >= 0.3 is 12.1 Å². The lowest BCUT2D eigenvalue weighted by Gasteiger charge is -2.31. The Morgan fingerprint density at radius 3 is 2.66 bits per heavy atom. The molecule has 1 atom stereocenters. The quantitative estimate of drug-likeness (QED) is 0.553. The van der Waals surface area contributed by atoms with Crippen LogP contribution in [0.4, 0.5) is 24.5 Å². The van der Waals surface area contributed by atoms with Crippen LogP contribution in [-0.4, -0.2) is 40.0 Å². The second-order valence-electron chi connectivity index (χ2n) is 7.84. The van der Waals surface area contributed by atoms with E-state index in [1.54, 1.807) is 24.3 Å². The van der Waals surface area contributed by atoms with Gasteiger partial charge in [0, 0.05) is 6.54 Å². The van der Waals surface area contributed by atoms with Gasteiger partial charge in [-0.25, -0.2) is 4.98 Å². The van der Waals surface area contributed by atoms with E-state index in [1.165, 1.54) is 17.8 Å². The molecule has 0 saturated heterocycles. The summed E-state index contributed by atoms with van der Waals surface area (Å²) in [5.41, 5.74) is -0.917. The van der Waals surface area contributed by atoms with Crippen LogP contribution in [0.25, 0.3) is 10.9 Å². The van der Waals surface area contributed by atoms with Crippen molar-refractivity contribution in [1.29, 1.82) is 0 Å². The van der Waals surface area contributed by atoms with E-state index in [9.17, 15) is 32.3 Å². The predicted molar refractivity (Wildman–Crippen MR) is 119 cm³/mol. The van der Waals surface area contributed by atoms with Crippen LogP contribution < -0.4 is 15.8 Å². The van der Waals surface area contributed by atoms with Gasteiger partial charge in [-0.05, 0) is 37.3 Å². The summed E-state index contributed by atoms with van der Waals surface area (Å²) in [6, 6.07) is 9.34. The summed E-state index contributed by atoms with van der Waals surface area (Å²) in [7, 11) is 0. The zero-order valence-electron chi connectivity index (χ0n) is 18.3. The second-order valence-corrected chi connectivity index (χ2v) is 7.84. The molecule has 1 N–H and O–H groups in total. The number of rotatable bonds is 5. The first-order valence-electron chi connectivity index (χ1n) is 10.5. The number of nitrogens with zero attached hydrogens (tertiary/aromatic N) is 3. The third-order valence-electron chi connectivity index (χ3n) is 5.40. The van der Waals surface area contributed by atoms with Crippen molar-refractivity contribution in [2.75, 3.05) is 16.8 Å². The summed E-state index contributed by atoms with van der Waals surface area (Å²) >= 11 is 0. The Labute approximate surface area is 196 Å². The number of amides is 2. The molecule has 9 nitrogen and oxygen atoms in total. The minimum Gasteiger partial charge on any atom is -0.452 e. The van der Waals surface area contributed by atoms with E-state index in [0.717, 1.165) is 23.1 Å². The van der Waals surface area contributed by atoms with E-state index < -0.39 is 42.2 Å². The standard InChI is InChI=1S/C23H19F3N4O5/c1-13(35-20(32)8-9-29-12-27-16-5-3-2-4-15(16)22(29)34)21(33)30-11-19(31)28-17-10-14(23(24,25)26)6-7-18(17)30/h2-7,10,12-13H,8-9,11H2,1H3,(H,28,31)/t13-/m0/s1. The maximum absolute atomic E-state index is 13.0. The molecule has 182 valence electrons. The topological polar surface area (TPSA) is 111 Å². The molecular formula is C23H19F3N4O5. The number of nitrogens with one attached hydrogen (secondary N) is 1. The first kappa shape index (κ1) is 23.9. The largest absolute Gasteiger partial charge is 0.452 e. The molecule has 2 heterocycles. The SMILES string of the molecule is C[C@H](OC(=O)CCn1cnc2ccccc2c1=O)C(=O)N1CC(=O)Nc2cc(C(F)(F)F)ccc21. The smallest absolute Gasteiger partial charge is 0.416 e. The van der Waals surface area contributed by atoms with E-state index in [1.807, 2.05) is 0 Å². The van der Waals surface area contributed by atoms with Crippen molar-refractivity contribution in [3.8, 4) is 0 Å². The number of benzene rings is 2. The summed E-state index contributed by atoms with van der Waals surface area (Å²) in [5, 5.41) is 2.71. The molecule has 0 bridgehead atoms. The molecule has 0 aliphatic carbocycles. The highest BCUT2D eigenvalue weighted by Crippen LogP contribution is 2.37. The van der Waals surface area contributed by atoms with Gasteiger partial charge in [0.2, 0.25) is 5.91 Å². The minimum atomic E-state index is -4.63. The van der Waals surface area contributed by atoms with Crippen molar-refractivity contribution < 1.29 is 32.3 Å². The first-order valence-corrected chi connectivity index (χ1v) is 10.5. The van der Waals surface area contributed by atoms with Crippen molar-refractivity contribution in [2.24, 2.45) is 0 Å². The van der Waals surface area contributed by atoms with Crippen LogP contribution in [0.2, 0.25) is 0 Å². The fourth-order valence-electron chi connectivity index (χ4n) is 3.67. The molecule has 2 aromatic carbocycles. The van der Waals surface area contributed by atoms with Gasteiger partial charge in [-0.1, -0.05) is 12.1 Å². The molecular weight excluding hydrogens is 469 g/mol. The molecule has 2 amide bonds. The Balaban J connectivity index is 1.43. The summed E-state index contributed by atoms with van der Waals surface area (Å²) < 4.78 is 45.4. The Kier molecular flexibility index (Phi) is 6.29. The summed E-state index contributed by atoms with van der Waals surface area (Å²) in [6.45, 7) is 0.809. The van der Waals surface area contributed by atoms with Crippen LogP contribution >= 0.6 is 0 Å². The number of aryl methyl sites for hydroxylation is 1. The van der Waals surface area contributed by atoms with Crippen molar-refractivity contribution in [3.05, 3.63) is 64.7 Å². The Morgan fingerprint density at radius 1 is 1.17 bits per heavy atom. The molecule has 0 radical (unpaired) electrons. The number of hydrogen-bond acceptors (Lipinski definition) is 6. The highest BCUT2D eigenvalue weighted by atomic mass is 19.4. The Bertz CT molecular complexity index is 1390. The molecule has 0 fully saturated rings. The normalized spacial score (nSPS) is 14.3. The maximum Gasteiger partial charge on any atom is 0.416 e. The number of fused-ring (bicyclic) bond motifs is 2. The number of para-hydroxylation sites is 1. The minimum absolute atomic E-state index is 0.0361. The number of ether oxygens (including phenoxy) is 1. The monoisotopic (exact) mass is 488 g/mol. The number of esters is 1. The van der Waals surface area contributed by atoms with Crippen LogP contribution in [-0.2, 0) is 31.8 Å². The van der Waals surface area contributed by atoms with Gasteiger partial charge < -0.3 is 10.1 Å². The lowest BCUT2D eigenvalue weighted by atomic mass is 10.1. The van der Waals surface area contributed by atoms with E-state index in [2.05, 4.69) is 10.3 Å². The lowest BCUT2D eigenvalue weighted by Crippen LogP contribution is -2.47. The van der Waals surface area contributed by atoms with Gasteiger partial charge in [0.05, 0.1) is 40.6 Å². The Hall–Kier alpha value is -4.22. The number of alkyl halides is 3. The molecule has 1 aliphatic heterocycles. The van der Waals surface area contributed by atoms with E-state index >= 15 is 0 Å². The Morgan fingerprint density at radius 2 is 1.91 bits per heavy atom. The van der Waals surface area contributed by atoms with Crippen LogP contribution in [0, 0.1) is 0 Å². The van der Waals surface area contributed by atoms with E-state index in [4.69, 9.17) is 4.74 Å². The van der Waals surface area contributed by atoms with Crippen LogP contribution in [0.3, 0.4) is 0 Å². The summed E-state index contributed by atoms with van der Waals surface area (Å²) in [5.74, 6) is -2.24. The molecule has 1 aromatic heterocycles. The van der Waals surface area contributed by atoms with Crippen molar-refractivity contribution in [1.82, 2.24) is 9.55 Å². The van der Waals surface area contributed by atoms with Crippen LogP contribution in [0.1, 0.15) is 18.9 Å². The fourth-order valence-corrected chi connectivity index (χ4v) is 3.67. The predicted octanol–water partition coefficient (Wildman–Crippen LogP) is 2.72. The van der Waals surface area contributed by atoms with Crippen molar-refractivity contribution >= 4 is 40.1 Å². The van der Waals surface area contributed by atoms with Crippen LogP contribution in [0.5, 0.6) is 0 Å². The summed E-state index contributed by atoms with van der Waals surface area (Å²) in [6.07, 6.45) is -4.87. The maximum atomic E-state index is 13.0. The van der Waals surface area contributed by atoms with Gasteiger partial charge in [-0.3, -0.25) is 28.6 Å². The molecule has 0 spiro atoms. The third-order valence-corrected chi connectivity index (χ3v) is 5.40. The molecule has 1 aliphatic rings. The highest BCUT2D eigenvalue weighted by Gasteiger charge is 2.35. The highest BCUT2D eigenvalue weighted by molar-refractivity contribution is 6.11. The molecule has 35 heavy (non-hydrogen) atoms. The van der Waals surface area contributed by atoms with Gasteiger partial charge in [-0.2, -0.15) is 13.2 Å². The van der Waals surface area contributed by atoms with Gasteiger partial charge in [0.1, 0.15) is 6.54 Å². The zero-order chi connectivity index (χ0) is 25.3. The molecule has 0 saturated carbocycles. The average Bonchev–Trinajstić information content (AvgIpc) is 2.81. The number of anilines is 2. The number of carbonyl (C=O) groups is 3. The second kappa shape index (κ2) is 9.20. The van der Waals surface area contributed by atoms with Gasteiger partial charge in [0.25, 0.3) is 11.5 Å². The van der Waals surface area contributed by atoms with Gasteiger partial charge in [-0.15, -0.1) is 0 Å². The zero-order valence-corrected chi connectivity index (χ0v) is 18.3. The molecule has 3 aromatic rings. The fraction of sp³-hybridized carbons (Fsp3) is 0.261. The first-order chi connectivity index (χ1) is 16.5. The number of halogens is 3. The van der Waals surface area contributed by atoms with E-state index in [0.29, 0.717) is 10.9 Å². The van der Waals surface area contributed by atoms with Crippen molar-refractivity contribution in [3.63, 3.8) is 0 Å². The molecule has 0 unspecified atom stereocenters. The lowest BCUT2D eigenvalue weighted by molar-refractivity contribution is -0.154. The molecule has 12 heteroatoms. The van der Waals surface area contributed by atoms with Crippen molar-refractivity contribution in [2.45, 2.75) is 32.2 Å². The van der Waals surface area contributed by atoms with E-state index in [-0.39, 0.29) is 29.9 Å². The number of aromatic nitrogens is 2. The van der Waals surface area contributed by atoms with Gasteiger partial charge in [0.15, 0.2) is 6.10 Å². The number of carbonyl (C=O) groups excluding carboxylic acids is 3. The summed E-state index contributed by atoms with van der Waals surface area (Å²) in [4.78, 5) is 54.8. The third kappa shape index (κ3) is 5.00. The van der Waals surface area contributed by atoms with Crippen LogP contribution in [0.15, 0.2) is 53.6 Å².